The number of rotatable bonds is 5. The third kappa shape index (κ3) is 4.68. The Labute approximate surface area is 171 Å². The van der Waals surface area contributed by atoms with Crippen molar-refractivity contribution in [1.29, 1.82) is 0 Å². The molecule has 0 aliphatic carbocycles. The lowest BCUT2D eigenvalue weighted by molar-refractivity contribution is -0.137. The first-order valence-electron chi connectivity index (χ1n) is 9.07. The molecule has 3 aromatic carbocycles. The van der Waals surface area contributed by atoms with Crippen molar-refractivity contribution >= 4 is 11.9 Å². The Balaban J connectivity index is 2.03. The number of carboxylic acids is 1. The van der Waals surface area contributed by atoms with Crippen LogP contribution in [0, 0.1) is 0 Å². The second kappa shape index (κ2) is 8.41. The molecule has 0 saturated heterocycles. The van der Waals surface area contributed by atoms with E-state index in [1.165, 1.54) is 24.3 Å². The minimum atomic E-state index is -4.62. The maximum atomic E-state index is 13.4. The summed E-state index contributed by atoms with van der Waals surface area (Å²) in [6.45, 7) is 1.76. The zero-order valence-corrected chi connectivity index (χ0v) is 15.9. The zero-order chi connectivity index (χ0) is 21.9. The Morgan fingerprint density at radius 2 is 1.50 bits per heavy atom. The first-order chi connectivity index (χ1) is 14.2. The molecule has 1 atom stereocenters. The number of amides is 1. The molecule has 1 amide bonds. The Hall–Kier alpha value is -3.61. The number of hydrogen-bond acceptors (Lipinski definition) is 2. The third-order valence-corrected chi connectivity index (χ3v) is 4.63. The van der Waals surface area contributed by atoms with E-state index in [9.17, 15) is 27.9 Å². The van der Waals surface area contributed by atoms with Gasteiger partial charge >= 0.3 is 12.1 Å². The largest absolute Gasteiger partial charge is 0.478 e. The zero-order valence-electron chi connectivity index (χ0n) is 15.9. The van der Waals surface area contributed by atoms with Crippen LogP contribution in [0.15, 0.2) is 72.8 Å². The number of carbonyl (C=O) groups excluding carboxylic acids is 1. The van der Waals surface area contributed by atoms with Crippen molar-refractivity contribution in [3.05, 3.63) is 95.1 Å². The van der Waals surface area contributed by atoms with Gasteiger partial charge in [0.1, 0.15) is 0 Å². The van der Waals surface area contributed by atoms with Gasteiger partial charge in [-0.25, -0.2) is 4.79 Å². The molecule has 1 unspecified atom stereocenters. The molecule has 0 spiro atoms. The molecule has 0 radical (unpaired) electrons. The second-order valence-electron chi connectivity index (χ2n) is 6.75. The summed E-state index contributed by atoms with van der Waals surface area (Å²) < 4.78 is 40.2. The van der Waals surface area contributed by atoms with Crippen LogP contribution in [-0.4, -0.2) is 17.0 Å². The maximum Gasteiger partial charge on any atom is 0.417 e. The number of alkyl halides is 3. The summed E-state index contributed by atoms with van der Waals surface area (Å²) in [5, 5.41) is 12.1. The van der Waals surface area contributed by atoms with E-state index in [0.29, 0.717) is 0 Å². The number of nitrogens with one attached hydrogen (secondary N) is 1. The lowest BCUT2D eigenvalue weighted by atomic mass is 9.95. The molecule has 0 bridgehead atoms. The van der Waals surface area contributed by atoms with Crippen molar-refractivity contribution in [2.75, 3.05) is 0 Å². The fraction of sp³-hybridized carbons (Fsp3) is 0.130. The average molecular weight is 413 g/mol. The second-order valence-corrected chi connectivity index (χ2v) is 6.75. The summed E-state index contributed by atoms with van der Waals surface area (Å²) in [6, 6.07) is 17.1. The number of benzene rings is 3. The Bertz CT molecular complexity index is 1080. The first-order valence-corrected chi connectivity index (χ1v) is 9.07. The van der Waals surface area contributed by atoms with Gasteiger partial charge in [-0.1, -0.05) is 48.5 Å². The molecule has 0 aromatic heterocycles. The van der Waals surface area contributed by atoms with Gasteiger partial charge in [-0.05, 0) is 47.9 Å². The van der Waals surface area contributed by atoms with Gasteiger partial charge < -0.3 is 10.4 Å². The van der Waals surface area contributed by atoms with Gasteiger partial charge in [0.2, 0.25) is 0 Å². The van der Waals surface area contributed by atoms with Gasteiger partial charge in [-0.3, -0.25) is 4.79 Å². The van der Waals surface area contributed by atoms with Crippen molar-refractivity contribution in [3.63, 3.8) is 0 Å². The predicted octanol–water partition coefficient (Wildman–Crippen LogP) is 5.56. The fourth-order valence-corrected chi connectivity index (χ4v) is 3.12. The predicted molar refractivity (Wildman–Crippen MR) is 106 cm³/mol. The highest BCUT2D eigenvalue weighted by molar-refractivity contribution is 5.99. The highest BCUT2D eigenvalue weighted by atomic mass is 19.4. The summed E-state index contributed by atoms with van der Waals surface area (Å²) in [7, 11) is 0. The maximum absolute atomic E-state index is 13.4. The SMILES string of the molecule is CC(NC(=O)c1cc(C(=O)O)cc(-c2ccccc2C(F)(F)F)c1)c1ccccc1. The highest BCUT2D eigenvalue weighted by Crippen LogP contribution is 2.37. The first kappa shape index (κ1) is 21.1. The van der Waals surface area contributed by atoms with E-state index < -0.39 is 23.6 Å². The van der Waals surface area contributed by atoms with Crippen LogP contribution in [0.2, 0.25) is 0 Å². The van der Waals surface area contributed by atoms with Crippen LogP contribution in [0.4, 0.5) is 13.2 Å². The molecule has 0 aliphatic rings. The van der Waals surface area contributed by atoms with Crippen LogP contribution in [0.1, 0.15) is 44.8 Å². The lowest BCUT2D eigenvalue weighted by Gasteiger charge is -2.16. The molecule has 0 saturated carbocycles. The molecular weight excluding hydrogens is 395 g/mol. The van der Waals surface area contributed by atoms with Crippen LogP contribution in [-0.2, 0) is 6.18 Å². The topological polar surface area (TPSA) is 66.4 Å². The van der Waals surface area contributed by atoms with E-state index in [-0.39, 0.29) is 28.3 Å². The van der Waals surface area contributed by atoms with Gasteiger partial charge in [-0.2, -0.15) is 13.2 Å². The molecule has 0 fully saturated rings. The monoisotopic (exact) mass is 413 g/mol. The molecule has 0 heterocycles. The molecule has 3 rings (SSSR count). The summed E-state index contributed by atoms with van der Waals surface area (Å²) >= 11 is 0. The van der Waals surface area contributed by atoms with Gasteiger partial charge in [-0.15, -0.1) is 0 Å². The van der Waals surface area contributed by atoms with Crippen molar-refractivity contribution in [2.45, 2.75) is 19.1 Å². The van der Waals surface area contributed by atoms with Crippen molar-refractivity contribution < 1.29 is 27.9 Å². The normalized spacial score (nSPS) is 12.3. The Kier molecular flexibility index (Phi) is 5.91. The molecular formula is C23H18F3NO3. The minimum absolute atomic E-state index is 0.000314. The average Bonchev–Trinajstić information content (AvgIpc) is 2.73. The molecule has 154 valence electrons. The number of hydrogen-bond donors (Lipinski definition) is 2. The fourth-order valence-electron chi connectivity index (χ4n) is 3.12. The number of carbonyl (C=O) groups is 2. The summed E-state index contributed by atoms with van der Waals surface area (Å²) in [6.07, 6.45) is -4.62. The lowest BCUT2D eigenvalue weighted by Crippen LogP contribution is -2.27. The van der Waals surface area contributed by atoms with Crippen LogP contribution in [0.3, 0.4) is 0 Å². The van der Waals surface area contributed by atoms with Crippen molar-refractivity contribution in [1.82, 2.24) is 5.32 Å². The molecule has 4 nitrogen and oxygen atoms in total. The summed E-state index contributed by atoms with van der Waals surface area (Å²) in [5.41, 5.74) is -0.579. The molecule has 3 aromatic rings. The quantitative estimate of drug-likeness (QED) is 0.575. The van der Waals surface area contributed by atoms with E-state index in [1.807, 2.05) is 30.3 Å². The van der Waals surface area contributed by atoms with Crippen LogP contribution >= 0.6 is 0 Å². The van der Waals surface area contributed by atoms with Crippen molar-refractivity contribution in [3.8, 4) is 11.1 Å². The number of aromatic carboxylic acids is 1. The van der Waals surface area contributed by atoms with Crippen molar-refractivity contribution in [2.24, 2.45) is 0 Å². The van der Waals surface area contributed by atoms with E-state index in [2.05, 4.69) is 5.32 Å². The third-order valence-electron chi connectivity index (χ3n) is 4.63. The van der Waals surface area contributed by atoms with Gasteiger partial charge in [0.05, 0.1) is 17.2 Å². The van der Waals surface area contributed by atoms with E-state index in [1.54, 1.807) is 6.92 Å². The molecule has 30 heavy (non-hydrogen) atoms. The van der Waals surface area contributed by atoms with Gasteiger partial charge in [0, 0.05) is 5.56 Å². The minimum Gasteiger partial charge on any atom is -0.478 e. The Morgan fingerprint density at radius 3 is 2.13 bits per heavy atom. The standard InChI is InChI=1S/C23H18F3NO3/c1-14(15-7-3-2-4-8-15)27-21(28)17-11-16(12-18(13-17)22(29)30)19-9-5-6-10-20(19)23(24,25)26/h2-14H,1H3,(H,27,28)(H,29,30). The van der Waals surface area contributed by atoms with Crippen LogP contribution < -0.4 is 5.32 Å². The summed E-state index contributed by atoms with van der Waals surface area (Å²) in [5.74, 6) is -1.92. The molecule has 2 N–H and O–H groups in total. The van der Waals surface area contributed by atoms with E-state index >= 15 is 0 Å². The molecule has 7 heteroatoms. The molecule has 0 aliphatic heterocycles. The highest BCUT2D eigenvalue weighted by Gasteiger charge is 2.33. The number of halogens is 3. The summed E-state index contributed by atoms with van der Waals surface area (Å²) in [4.78, 5) is 24.3. The van der Waals surface area contributed by atoms with Gasteiger partial charge in [0.15, 0.2) is 0 Å². The Morgan fingerprint density at radius 1 is 0.900 bits per heavy atom. The number of carboxylic acid groups (broad SMARTS) is 1. The van der Waals surface area contributed by atoms with E-state index in [0.717, 1.165) is 23.8 Å². The van der Waals surface area contributed by atoms with Crippen LogP contribution in [0.5, 0.6) is 0 Å². The van der Waals surface area contributed by atoms with E-state index in [4.69, 9.17) is 0 Å². The van der Waals surface area contributed by atoms with Gasteiger partial charge in [0.25, 0.3) is 5.91 Å². The van der Waals surface area contributed by atoms with Crippen LogP contribution in [0.25, 0.3) is 11.1 Å². The smallest absolute Gasteiger partial charge is 0.417 e.